The highest BCUT2D eigenvalue weighted by atomic mass is 35.5. The lowest BCUT2D eigenvalue weighted by Crippen LogP contribution is -2.02. The van der Waals surface area contributed by atoms with E-state index < -0.39 is 0 Å². The molecule has 108 valence electrons. The zero-order valence-electron chi connectivity index (χ0n) is 11.1. The first-order chi connectivity index (χ1) is 9.25. The van der Waals surface area contributed by atoms with Gasteiger partial charge in [0.25, 0.3) is 0 Å². The van der Waals surface area contributed by atoms with Gasteiger partial charge in [-0.15, -0.1) is 27.4 Å². The Balaban J connectivity index is 0.00000200. The van der Waals surface area contributed by atoms with E-state index in [4.69, 9.17) is 19.9 Å². The third kappa shape index (κ3) is 3.94. The molecule has 7 nitrogen and oxygen atoms in total. The van der Waals surface area contributed by atoms with Crippen molar-refractivity contribution >= 4 is 12.4 Å². The quantitative estimate of drug-likeness (QED) is 0.895. The van der Waals surface area contributed by atoms with Gasteiger partial charge in [0, 0.05) is 6.54 Å². The summed E-state index contributed by atoms with van der Waals surface area (Å²) in [5, 5.41) is 0. The first-order valence-corrected chi connectivity index (χ1v) is 5.56. The summed E-state index contributed by atoms with van der Waals surface area (Å²) in [5.41, 5.74) is 6.52. The molecule has 0 saturated carbocycles. The summed E-state index contributed by atoms with van der Waals surface area (Å²) in [7, 11) is 2.90. The number of benzene rings is 1. The van der Waals surface area contributed by atoms with E-state index in [-0.39, 0.29) is 30.4 Å². The molecule has 2 aromatic rings. The average Bonchev–Trinajstić information content (AvgIpc) is 2.47. The number of hydrogen-bond donors (Lipinski definition) is 1. The molecule has 2 N–H and O–H groups in total. The van der Waals surface area contributed by atoms with Gasteiger partial charge in [-0.25, -0.2) is 0 Å². The second-order valence-electron chi connectivity index (χ2n) is 3.54. The van der Waals surface area contributed by atoms with Gasteiger partial charge in [-0.1, -0.05) is 12.1 Å². The number of ether oxygens (including phenoxy) is 3. The monoisotopic (exact) mass is 298 g/mol. The third-order valence-corrected chi connectivity index (χ3v) is 2.28. The number of halogens is 1. The van der Waals surface area contributed by atoms with Crippen LogP contribution in [0.2, 0.25) is 0 Å². The van der Waals surface area contributed by atoms with E-state index in [9.17, 15) is 0 Å². The van der Waals surface area contributed by atoms with Gasteiger partial charge in [-0.2, -0.15) is 0 Å². The molecule has 0 aliphatic carbocycles. The van der Waals surface area contributed by atoms with Crippen molar-refractivity contribution in [3.63, 3.8) is 0 Å². The first kappa shape index (κ1) is 15.9. The Bertz CT molecular complexity index is 546. The molecule has 0 amide bonds. The second-order valence-corrected chi connectivity index (χ2v) is 3.54. The molecule has 0 fully saturated rings. The Morgan fingerprint density at radius 3 is 2.15 bits per heavy atom. The van der Waals surface area contributed by atoms with E-state index in [1.165, 1.54) is 14.2 Å². The minimum atomic E-state index is 0. The highest BCUT2D eigenvalue weighted by molar-refractivity contribution is 5.85. The van der Waals surface area contributed by atoms with Gasteiger partial charge in [0.2, 0.25) is 0 Å². The van der Waals surface area contributed by atoms with Crippen molar-refractivity contribution in [3.05, 3.63) is 29.8 Å². The largest absolute Gasteiger partial charge is 0.467 e. The van der Waals surface area contributed by atoms with Gasteiger partial charge in [0.05, 0.1) is 14.2 Å². The number of rotatable bonds is 5. The molecule has 0 atom stereocenters. The summed E-state index contributed by atoms with van der Waals surface area (Å²) < 4.78 is 15.4. The molecule has 0 spiro atoms. The molecule has 0 aliphatic rings. The predicted molar refractivity (Wildman–Crippen MR) is 74.6 cm³/mol. The Kier molecular flexibility index (Phi) is 5.95. The van der Waals surface area contributed by atoms with Crippen LogP contribution in [0.3, 0.4) is 0 Å². The molecule has 0 saturated heterocycles. The molecular formula is C12H15ClN4O3. The summed E-state index contributed by atoms with van der Waals surface area (Å²) in [6.07, 6.45) is 0. The van der Waals surface area contributed by atoms with Crippen LogP contribution in [0.1, 0.15) is 5.56 Å². The SMILES string of the molecule is COc1nc(OC)nc(Oc2cccc(CN)c2)n1.Cl. The molecule has 0 aliphatic heterocycles. The van der Waals surface area contributed by atoms with E-state index in [1.54, 1.807) is 6.07 Å². The van der Waals surface area contributed by atoms with Crippen LogP contribution in [-0.2, 0) is 6.54 Å². The van der Waals surface area contributed by atoms with Gasteiger partial charge in [0.1, 0.15) is 5.75 Å². The maximum atomic E-state index is 5.57. The van der Waals surface area contributed by atoms with E-state index >= 15 is 0 Å². The van der Waals surface area contributed by atoms with E-state index in [0.29, 0.717) is 12.3 Å². The zero-order chi connectivity index (χ0) is 13.7. The smallest absolute Gasteiger partial charge is 0.331 e. The molecule has 1 heterocycles. The summed E-state index contributed by atoms with van der Waals surface area (Å²) >= 11 is 0. The molecule has 1 aromatic heterocycles. The fourth-order valence-electron chi connectivity index (χ4n) is 1.39. The Morgan fingerprint density at radius 1 is 1.00 bits per heavy atom. The topological polar surface area (TPSA) is 92.4 Å². The summed E-state index contributed by atoms with van der Waals surface area (Å²) in [6, 6.07) is 7.67. The first-order valence-electron chi connectivity index (χ1n) is 5.56. The van der Waals surface area contributed by atoms with E-state index in [2.05, 4.69) is 15.0 Å². The van der Waals surface area contributed by atoms with Crippen molar-refractivity contribution in [1.29, 1.82) is 0 Å². The molecule has 0 radical (unpaired) electrons. The molecule has 0 bridgehead atoms. The lowest BCUT2D eigenvalue weighted by atomic mass is 10.2. The van der Waals surface area contributed by atoms with Gasteiger partial charge >= 0.3 is 18.0 Å². The normalized spacial score (nSPS) is 9.55. The predicted octanol–water partition coefficient (Wildman–Crippen LogP) is 1.56. The van der Waals surface area contributed by atoms with Crippen LogP contribution in [0.5, 0.6) is 23.8 Å². The van der Waals surface area contributed by atoms with Crippen LogP contribution in [0.15, 0.2) is 24.3 Å². The lowest BCUT2D eigenvalue weighted by molar-refractivity contribution is 0.320. The van der Waals surface area contributed by atoms with E-state index in [1.807, 2.05) is 18.2 Å². The number of nitrogens with two attached hydrogens (primary N) is 1. The van der Waals surface area contributed by atoms with Gasteiger partial charge in [-0.05, 0) is 17.7 Å². The summed E-state index contributed by atoms with van der Waals surface area (Å²) in [4.78, 5) is 11.8. The van der Waals surface area contributed by atoms with Crippen molar-refractivity contribution in [2.75, 3.05) is 14.2 Å². The average molecular weight is 299 g/mol. The minimum absolute atomic E-state index is 0. The molecule has 8 heteroatoms. The highest BCUT2D eigenvalue weighted by Gasteiger charge is 2.09. The molecular weight excluding hydrogens is 284 g/mol. The molecule has 2 rings (SSSR count). The summed E-state index contributed by atoms with van der Waals surface area (Å²) in [5.74, 6) is 0.582. The Morgan fingerprint density at radius 2 is 1.60 bits per heavy atom. The third-order valence-electron chi connectivity index (χ3n) is 2.28. The van der Waals surface area contributed by atoms with Crippen LogP contribution < -0.4 is 19.9 Å². The van der Waals surface area contributed by atoms with E-state index in [0.717, 1.165) is 5.56 Å². The fourth-order valence-corrected chi connectivity index (χ4v) is 1.39. The molecule has 0 unspecified atom stereocenters. The van der Waals surface area contributed by atoms with Crippen LogP contribution in [-0.4, -0.2) is 29.2 Å². The van der Waals surface area contributed by atoms with Crippen LogP contribution >= 0.6 is 12.4 Å². The van der Waals surface area contributed by atoms with Crippen molar-refractivity contribution in [2.45, 2.75) is 6.54 Å². The molecule has 1 aromatic carbocycles. The summed E-state index contributed by atoms with van der Waals surface area (Å²) in [6.45, 7) is 0.432. The van der Waals surface area contributed by atoms with Crippen molar-refractivity contribution in [2.24, 2.45) is 5.73 Å². The lowest BCUT2D eigenvalue weighted by Gasteiger charge is -2.07. The maximum absolute atomic E-state index is 5.57. The highest BCUT2D eigenvalue weighted by Crippen LogP contribution is 2.21. The van der Waals surface area contributed by atoms with Crippen LogP contribution in [0.4, 0.5) is 0 Å². The number of aromatic nitrogens is 3. The standard InChI is InChI=1S/C12H14N4O3.ClH/c1-17-10-14-11(18-2)16-12(15-10)19-9-5-3-4-8(6-9)7-13;/h3-6H,7,13H2,1-2H3;1H. The number of methoxy groups -OCH3 is 2. The van der Waals surface area contributed by atoms with Crippen LogP contribution in [0.25, 0.3) is 0 Å². The van der Waals surface area contributed by atoms with Crippen LogP contribution in [0, 0.1) is 0 Å². The second kappa shape index (κ2) is 7.46. The van der Waals surface area contributed by atoms with Crippen molar-refractivity contribution in [3.8, 4) is 23.8 Å². The minimum Gasteiger partial charge on any atom is -0.467 e. The number of hydrogen-bond acceptors (Lipinski definition) is 7. The fraction of sp³-hybridized carbons (Fsp3) is 0.250. The zero-order valence-corrected chi connectivity index (χ0v) is 11.9. The van der Waals surface area contributed by atoms with Crippen molar-refractivity contribution in [1.82, 2.24) is 15.0 Å². The Hall–Kier alpha value is -2.12. The van der Waals surface area contributed by atoms with Gasteiger partial charge in [0.15, 0.2) is 0 Å². The van der Waals surface area contributed by atoms with Gasteiger partial charge < -0.3 is 19.9 Å². The molecule has 20 heavy (non-hydrogen) atoms. The maximum Gasteiger partial charge on any atom is 0.331 e. The van der Waals surface area contributed by atoms with Gasteiger partial charge in [-0.3, -0.25) is 0 Å². The Labute approximate surface area is 122 Å². The number of nitrogens with zero attached hydrogens (tertiary/aromatic N) is 3. The van der Waals surface area contributed by atoms with Crippen molar-refractivity contribution < 1.29 is 14.2 Å².